The molecule has 0 aromatic rings. The number of amides is 1. The summed E-state index contributed by atoms with van der Waals surface area (Å²) in [6.45, 7) is 4.19. The summed E-state index contributed by atoms with van der Waals surface area (Å²) in [4.78, 5) is 20.0. The average Bonchev–Trinajstić information content (AvgIpc) is 2.04. The Kier molecular flexibility index (Phi) is 15.9. The zero-order valence-corrected chi connectivity index (χ0v) is 7.45. The average molecular weight is 205 g/mol. The third kappa shape index (κ3) is 9.03. The van der Waals surface area contributed by atoms with Crippen LogP contribution in [0.3, 0.4) is 0 Å². The van der Waals surface area contributed by atoms with Gasteiger partial charge in [0.05, 0.1) is 0 Å². The minimum Gasteiger partial charge on any atom is -0.465 e. The van der Waals surface area contributed by atoms with Gasteiger partial charge in [-0.3, -0.25) is 9.59 Å². The van der Waals surface area contributed by atoms with Gasteiger partial charge >= 0.3 is 0 Å². The van der Waals surface area contributed by atoms with Crippen LogP contribution in [-0.4, -0.2) is 25.0 Å². The topological polar surface area (TPSA) is 55.4 Å². The lowest BCUT2D eigenvalue weighted by Gasteiger charge is -2.17. The standard InChI is InChI=1S/C8H15NO3.2CH4/c1-3-8(9-5-10)4-7(2)12-6-11;;/h5-8H,3-4H2,1-2H3,(H,9,10);2*1H4. The Morgan fingerprint density at radius 2 is 1.93 bits per heavy atom. The molecule has 2 unspecified atom stereocenters. The van der Waals surface area contributed by atoms with Crippen LogP contribution in [0.5, 0.6) is 0 Å². The Hall–Kier alpha value is -1.06. The van der Waals surface area contributed by atoms with E-state index >= 15 is 0 Å². The van der Waals surface area contributed by atoms with Crippen LogP contribution < -0.4 is 5.32 Å². The molecule has 0 aliphatic rings. The highest BCUT2D eigenvalue weighted by atomic mass is 16.5. The monoisotopic (exact) mass is 205 g/mol. The van der Waals surface area contributed by atoms with E-state index in [0.717, 1.165) is 6.42 Å². The third-order valence-corrected chi connectivity index (χ3v) is 1.70. The maximum absolute atomic E-state index is 10.1. The van der Waals surface area contributed by atoms with Gasteiger partial charge in [0.25, 0.3) is 6.47 Å². The van der Waals surface area contributed by atoms with E-state index in [2.05, 4.69) is 10.1 Å². The van der Waals surface area contributed by atoms with Crippen LogP contribution in [0.25, 0.3) is 0 Å². The number of ether oxygens (including phenoxy) is 1. The molecule has 0 aliphatic heterocycles. The Bertz CT molecular complexity index is 139. The van der Waals surface area contributed by atoms with Crippen molar-refractivity contribution < 1.29 is 14.3 Å². The molecule has 86 valence electrons. The summed E-state index contributed by atoms with van der Waals surface area (Å²) in [5, 5.41) is 2.65. The highest BCUT2D eigenvalue weighted by Gasteiger charge is 2.10. The van der Waals surface area contributed by atoms with Crippen molar-refractivity contribution in [2.24, 2.45) is 0 Å². The molecule has 0 radical (unpaired) electrons. The lowest BCUT2D eigenvalue weighted by Crippen LogP contribution is -2.31. The van der Waals surface area contributed by atoms with E-state index in [1.165, 1.54) is 0 Å². The highest BCUT2D eigenvalue weighted by Crippen LogP contribution is 2.03. The first kappa shape index (κ1) is 18.7. The molecule has 2 atom stereocenters. The number of rotatable bonds is 7. The van der Waals surface area contributed by atoms with E-state index in [1.807, 2.05) is 6.92 Å². The predicted molar refractivity (Wildman–Crippen MR) is 58.0 cm³/mol. The second-order valence-corrected chi connectivity index (χ2v) is 2.67. The van der Waals surface area contributed by atoms with Gasteiger partial charge < -0.3 is 10.1 Å². The molecule has 1 N–H and O–H groups in total. The molecule has 0 heterocycles. The van der Waals surface area contributed by atoms with E-state index < -0.39 is 0 Å². The van der Waals surface area contributed by atoms with Crippen molar-refractivity contribution in [2.75, 3.05) is 0 Å². The number of carbonyl (C=O) groups excluding carboxylic acids is 2. The minimum atomic E-state index is -0.139. The van der Waals surface area contributed by atoms with Crippen molar-refractivity contribution in [1.29, 1.82) is 0 Å². The fraction of sp³-hybridized carbons (Fsp3) is 0.800. The van der Waals surface area contributed by atoms with Crippen molar-refractivity contribution >= 4 is 12.9 Å². The van der Waals surface area contributed by atoms with Crippen molar-refractivity contribution in [3.63, 3.8) is 0 Å². The molecule has 4 heteroatoms. The Balaban J connectivity index is -0.000000605. The van der Waals surface area contributed by atoms with Gasteiger partial charge in [-0.05, 0) is 13.3 Å². The van der Waals surface area contributed by atoms with Gasteiger partial charge in [0.2, 0.25) is 6.41 Å². The molecule has 0 bridgehead atoms. The van der Waals surface area contributed by atoms with Gasteiger partial charge in [0.15, 0.2) is 0 Å². The molecule has 14 heavy (non-hydrogen) atoms. The van der Waals surface area contributed by atoms with Crippen LogP contribution in [0, 0.1) is 0 Å². The summed E-state index contributed by atoms with van der Waals surface area (Å²) in [7, 11) is 0. The molecule has 0 spiro atoms. The summed E-state index contributed by atoms with van der Waals surface area (Å²) in [5.41, 5.74) is 0. The van der Waals surface area contributed by atoms with Crippen LogP contribution in [0.1, 0.15) is 41.5 Å². The van der Waals surface area contributed by atoms with Crippen LogP contribution in [-0.2, 0) is 14.3 Å². The Labute approximate surface area is 87.0 Å². The molecule has 4 nitrogen and oxygen atoms in total. The SMILES string of the molecule is C.C.CCC(CC(C)OC=O)NC=O. The zero-order chi connectivity index (χ0) is 9.40. The van der Waals surface area contributed by atoms with E-state index in [1.54, 1.807) is 6.92 Å². The molecule has 0 fully saturated rings. The molecule has 0 aromatic carbocycles. The maximum atomic E-state index is 10.1. The number of hydrogen-bond acceptors (Lipinski definition) is 3. The quantitative estimate of drug-likeness (QED) is 0.644. The van der Waals surface area contributed by atoms with Gasteiger partial charge in [0, 0.05) is 12.5 Å². The van der Waals surface area contributed by atoms with E-state index in [4.69, 9.17) is 0 Å². The first-order valence-electron chi connectivity index (χ1n) is 4.03. The van der Waals surface area contributed by atoms with Gasteiger partial charge in [-0.1, -0.05) is 21.8 Å². The summed E-state index contributed by atoms with van der Waals surface area (Å²) < 4.78 is 4.68. The lowest BCUT2D eigenvalue weighted by molar-refractivity contribution is -0.133. The fourth-order valence-corrected chi connectivity index (χ4v) is 1.000. The second-order valence-electron chi connectivity index (χ2n) is 2.67. The van der Waals surface area contributed by atoms with Crippen LogP contribution in [0.4, 0.5) is 0 Å². The maximum Gasteiger partial charge on any atom is 0.293 e. The number of nitrogens with one attached hydrogen (secondary N) is 1. The second kappa shape index (κ2) is 11.9. The first-order chi connectivity index (χ1) is 5.74. The fourth-order valence-electron chi connectivity index (χ4n) is 1.000. The zero-order valence-electron chi connectivity index (χ0n) is 7.45. The molecular formula is C10H23NO3. The smallest absolute Gasteiger partial charge is 0.293 e. The molecule has 0 saturated heterocycles. The molecule has 0 aliphatic carbocycles. The van der Waals surface area contributed by atoms with Crippen molar-refractivity contribution in [2.45, 2.75) is 53.7 Å². The van der Waals surface area contributed by atoms with Crippen LogP contribution >= 0.6 is 0 Å². The number of carbonyl (C=O) groups is 2. The lowest BCUT2D eigenvalue weighted by atomic mass is 10.1. The molecule has 0 rings (SSSR count). The van der Waals surface area contributed by atoms with Crippen LogP contribution in [0.15, 0.2) is 0 Å². The third-order valence-electron chi connectivity index (χ3n) is 1.70. The highest BCUT2D eigenvalue weighted by molar-refractivity contribution is 5.46. The van der Waals surface area contributed by atoms with Crippen molar-refractivity contribution in [3.8, 4) is 0 Å². The van der Waals surface area contributed by atoms with Gasteiger partial charge in [-0.15, -0.1) is 0 Å². The Morgan fingerprint density at radius 1 is 1.36 bits per heavy atom. The molecule has 0 saturated carbocycles. The van der Waals surface area contributed by atoms with Gasteiger partial charge in [-0.25, -0.2) is 0 Å². The first-order valence-corrected chi connectivity index (χ1v) is 4.03. The molecule has 1 amide bonds. The van der Waals surface area contributed by atoms with Crippen LogP contribution in [0.2, 0.25) is 0 Å². The summed E-state index contributed by atoms with van der Waals surface area (Å²) >= 11 is 0. The molecule has 0 aromatic heterocycles. The number of hydrogen-bond donors (Lipinski definition) is 1. The molecular weight excluding hydrogens is 182 g/mol. The van der Waals surface area contributed by atoms with E-state index in [-0.39, 0.29) is 27.0 Å². The summed E-state index contributed by atoms with van der Waals surface area (Å²) in [6.07, 6.45) is 2.03. The van der Waals surface area contributed by atoms with E-state index in [9.17, 15) is 9.59 Å². The van der Waals surface area contributed by atoms with E-state index in [0.29, 0.717) is 19.3 Å². The normalized spacial score (nSPS) is 12.4. The minimum absolute atomic E-state index is 0. The summed E-state index contributed by atoms with van der Waals surface area (Å²) in [6, 6.07) is 0.0949. The van der Waals surface area contributed by atoms with Gasteiger partial charge in [0.1, 0.15) is 6.10 Å². The Morgan fingerprint density at radius 3 is 2.29 bits per heavy atom. The van der Waals surface area contributed by atoms with Crippen molar-refractivity contribution in [3.05, 3.63) is 0 Å². The van der Waals surface area contributed by atoms with Gasteiger partial charge in [-0.2, -0.15) is 0 Å². The predicted octanol–water partition coefficient (Wildman–Crippen LogP) is 1.73. The van der Waals surface area contributed by atoms with Crippen molar-refractivity contribution in [1.82, 2.24) is 5.32 Å². The largest absolute Gasteiger partial charge is 0.465 e. The summed E-state index contributed by atoms with van der Waals surface area (Å²) in [5.74, 6) is 0.